The molecule has 0 aliphatic carbocycles. The monoisotopic (exact) mass is 528 g/mol. The van der Waals surface area contributed by atoms with Crippen molar-refractivity contribution in [1.82, 2.24) is 20.8 Å². The van der Waals surface area contributed by atoms with Gasteiger partial charge in [0.05, 0.1) is 25.5 Å². The number of halogens is 1. The minimum atomic E-state index is 0. The first kappa shape index (κ1) is 24.4. The zero-order valence-electron chi connectivity index (χ0n) is 18.1. The first-order chi connectivity index (χ1) is 14.3. The van der Waals surface area contributed by atoms with Crippen molar-refractivity contribution in [2.24, 2.45) is 4.99 Å². The number of aliphatic imine (C=N–C) groups is 1. The minimum Gasteiger partial charge on any atom is -0.378 e. The fraction of sp³-hybridized carbons (Fsp3) is 0.571. The summed E-state index contributed by atoms with van der Waals surface area (Å²) in [5, 5.41) is 10.9. The van der Waals surface area contributed by atoms with Gasteiger partial charge in [-0.1, -0.05) is 25.1 Å². The number of ether oxygens (including phenoxy) is 1. The molecule has 0 atom stereocenters. The Bertz CT molecular complexity index is 783. The summed E-state index contributed by atoms with van der Waals surface area (Å²) in [6, 6.07) is 4.06. The highest BCUT2D eigenvalue weighted by atomic mass is 127. The van der Waals surface area contributed by atoms with Crippen molar-refractivity contribution in [2.75, 3.05) is 37.7 Å². The van der Waals surface area contributed by atoms with Crippen LogP contribution in [0.1, 0.15) is 43.4 Å². The summed E-state index contributed by atoms with van der Waals surface area (Å²) in [7, 11) is 0. The van der Waals surface area contributed by atoms with E-state index in [-0.39, 0.29) is 24.0 Å². The number of morpholine rings is 1. The van der Waals surface area contributed by atoms with Crippen molar-refractivity contribution in [2.45, 2.75) is 46.7 Å². The number of anilines is 1. The molecule has 3 heterocycles. The fourth-order valence-corrected chi connectivity index (χ4v) is 3.43. The Labute approximate surface area is 195 Å². The summed E-state index contributed by atoms with van der Waals surface area (Å²) in [6.45, 7) is 11.4. The molecule has 1 aliphatic rings. The van der Waals surface area contributed by atoms with Crippen molar-refractivity contribution >= 4 is 35.8 Å². The second-order valence-corrected chi connectivity index (χ2v) is 6.87. The zero-order chi connectivity index (χ0) is 20.5. The number of pyridine rings is 1. The van der Waals surface area contributed by atoms with Gasteiger partial charge in [-0.15, -0.1) is 24.0 Å². The maximum Gasteiger partial charge on any atom is 0.191 e. The number of rotatable bonds is 8. The van der Waals surface area contributed by atoms with E-state index in [1.165, 1.54) is 0 Å². The molecule has 30 heavy (non-hydrogen) atoms. The highest BCUT2D eigenvalue weighted by Crippen LogP contribution is 2.19. The molecule has 166 valence electrons. The molecule has 1 fully saturated rings. The summed E-state index contributed by atoms with van der Waals surface area (Å²) in [6.07, 6.45) is 3.52. The van der Waals surface area contributed by atoms with Crippen LogP contribution < -0.4 is 15.5 Å². The minimum absolute atomic E-state index is 0. The van der Waals surface area contributed by atoms with Crippen LogP contribution in [0.4, 0.5) is 5.82 Å². The topological polar surface area (TPSA) is 87.8 Å². The quantitative estimate of drug-likeness (QED) is 0.310. The van der Waals surface area contributed by atoms with Crippen LogP contribution in [-0.4, -0.2) is 48.9 Å². The standard InChI is InChI=1S/C21H32N6O2.HI/c1-4-18-17(19(5-2)29-26-18)15-25-21(22-6-3)24-14-16-8-7-9-23-20(16)27-10-12-28-13-11-27;/h7-9H,4-6,10-15H2,1-3H3,(H2,22,24,25);1H. The fourth-order valence-electron chi connectivity index (χ4n) is 3.43. The predicted molar refractivity (Wildman–Crippen MR) is 130 cm³/mol. The molecule has 0 radical (unpaired) electrons. The van der Waals surface area contributed by atoms with Crippen LogP contribution in [0.15, 0.2) is 27.8 Å². The van der Waals surface area contributed by atoms with Crippen molar-refractivity contribution in [1.29, 1.82) is 0 Å². The lowest BCUT2D eigenvalue weighted by Gasteiger charge is -2.29. The van der Waals surface area contributed by atoms with Gasteiger partial charge >= 0.3 is 0 Å². The number of hydrogen-bond acceptors (Lipinski definition) is 6. The molecule has 0 aromatic carbocycles. The van der Waals surface area contributed by atoms with Crippen LogP contribution in [0.2, 0.25) is 0 Å². The van der Waals surface area contributed by atoms with Gasteiger partial charge in [0.2, 0.25) is 0 Å². The summed E-state index contributed by atoms with van der Waals surface area (Å²) in [4.78, 5) is 11.7. The number of nitrogens with zero attached hydrogens (tertiary/aromatic N) is 4. The molecular weight excluding hydrogens is 495 g/mol. The zero-order valence-corrected chi connectivity index (χ0v) is 20.4. The first-order valence-electron chi connectivity index (χ1n) is 10.5. The van der Waals surface area contributed by atoms with E-state index in [0.717, 1.165) is 80.0 Å². The van der Waals surface area contributed by atoms with Crippen LogP contribution in [0.5, 0.6) is 0 Å². The van der Waals surface area contributed by atoms with E-state index in [2.05, 4.69) is 52.5 Å². The lowest BCUT2D eigenvalue weighted by atomic mass is 10.1. The maximum absolute atomic E-state index is 5.47. The number of aryl methyl sites for hydroxylation is 2. The SMILES string of the molecule is CCNC(=NCc1cccnc1N1CCOCC1)NCc1c(CC)noc1CC.I. The molecule has 0 amide bonds. The van der Waals surface area contributed by atoms with Crippen molar-refractivity contribution < 1.29 is 9.26 Å². The van der Waals surface area contributed by atoms with E-state index >= 15 is 0 Å². The highest BCUT2D eigenvalue weighted by molar-refractivity contribution is 14.0. The Hall–Kier alpha value is -1.88. The Morgan fingerprint density at radius 1 is 1.17 bits per heavy atom. The van der Waals surface area contributed by atoms with E-state index in [0.29, 0.717) is 13.1 Å². The largest absolute Gasteiger partial charge is 0.378 e. The second-order valence-electron chi connectivity index (χ2n) is 6.87. The summed E-state index contributed by atoms with van der Waals surface area (Å²) >= 11 is 0. The third-order valence-corrected chi connectivity index (χ3v) is 4.97. The second kappa shape index (κ2) is 12.7. The average Bonchev–Trinajstić information content (AvgIpc) is 3.18. The van der Waals surface area contributed by atoms with Gasteiger partial charge < -0.3 is 24.8 Å². The molecule has 2 aromatic rings. The van der Waals surface area contributed by atoms with E-state index in [4.69, 9.17) is 14.3 Å². The molecule has 1 saturated heterocycles. The van der Waals surface area contributed by atoms with E-state index < -0.39 is 0 Å². The van der Waals surface area contributed by atoms with Gasteiger partial charge in [0.1, 0.15) is 11.6 Å². The lowest BCUT2D eigenvalue weighted by molar-refractivity contribution is 0.122. The number of hydrogen-bond donors (Lipinski definition) is 2. The first-order valence-corrected chi connectivity index (χ1v) is 10.5. The van der Waals surface area contributed by atoms with Crippen molar-refractivity contribution in [3.05, 3.63) is 40.9 Å². The molecule has 0 spiro atoms. The van der Waals surface area contributed by atoms with Crippen LogP contribution in [0.3, 0.4) is 0 Å². The normalized spacial score (nSPS) is 14.4. The molecule has 0 saturated carbocycles. The van der Waals surface area contributed by atoms with Gasteiger partial charge in [0.25, 0.3) is 0 Å². The third-order valence-electron chi connectivity index (χ3n) is 4.97. The van der Waals surface area contributed by atoms with E-state index in [9.17, 15) is 0 Å². The van der Waals surface area contributed by atoms with Crippen LogP contribution in [-0.2, 0) is 30.7 Å². The lowest BCUT2D eigenvalue weighted by Crippen LogP contribution is -2.38. The van der Waals surface area contributed by atoms with Crippen molar-refractivity contribution in [3.8, 4) is 0 Å². The van der Waals surface area contributed by atoms with E-state index in [1.807, 2.05) is 12.3 Å². The average molecular weight is 528 g/mol. The van der Waals surface area contributed by atoms with Gasteiger partial charge in [0, 0.05) is 49.9 Å². The molecule has 2 aromatic heterocycles. The van der Waals surface area contributed by atoms with Crippen LogP contribution in [0, 0.1) is 0 Å². The summed E-state index contributed by atoms with van der Waals surface area (Å²) in [5.41, 5.74) is 3.25. The Balaban J connectivity index is 0.00000320. The van der Waals surface area contributed by atoms with Crippen LogP contribution in [0.25, 0.3) is 0 Å². The Morgan fingerprint density at radius 2 is 1.97 bits per heavy atom. The maximum atomic E-state index is 5.47. The molecule has 1 aliphatic heterocycles. The highest BCUT2D eigenvalue weighted by Gasteiger charge is 2.16. The van der Waals surface area contributed by atoms with E-state index in [1.54, 1.807) is 0 Å². The molecule has 2 N–H and O–H groups in total. The van der Waals surface area contributed by atoms with Crippen LogP contribution >= 0.6 is 24.0 Å². The Morgan fingerprint density at radius 3 is 2.67 bits per heavy atom. The number of nitrogens with one attached hydrogen (secondary N) is 2. The third kappa shape index (κ3) is 6.31. The van der Waals surface area contributed by atoms with Gasteiger partial charge in [-0.3, -0.25) is 0 Å². The van der Waals surface area contributed by atoms with Gasteiger partial charge in [0.15, 0.2) is 5.96 Å². The smallest absolute Gasteiger partial charge is 0.191 e. The van der Waals surface area contributed by atoms with Gasteiger partial charge in [-0.25, -0.2) is 9.98 Å². The van der Waals surface area contributed by atoms with Gasteiger partial charge in [-0.05, 0) is 19.4 Å². The molecule has 3 rings (SSSR count). The molecule has 9 heteroatoms. The van der Waals surface area contributed by atoms with Crippen molar-refractivity contribution in [3.63, 3.8) is 0 Å². The predicted octanol–water partition coefficient (Wildman–Crippen LogP) is 2.90. The molecule has 0 bridgehead atoms. The number of aromatic nitrogens is 2. The summed E-state index contributed by atoms with van der Waals surface area (Å²) < 4.78 is 10.9. The molecule has 8 nitrogen and oxygen atoms in total. The molecular formula is C21H33IN6O2. The van der Waals surface area contributed by atoms with Gasteiger partial charge in [-0.2, -0.15) is 0 Å². The molecule has 0 unspecified atom stereocenters. The summed E-state index contributed by atoms with van der Waals surface area (Å²) in [5.74, 6) is 2.71. The number of guanidine groups is 1. The Kier molecular flexibility index (Phi) is 10.4.